The van der Waals surface area contributed by atoms with Crippen molar-refractivity contribution in [3.63, 3.8) is 0 Å². The van der Waals surface area contributed by atoms with Crippen molar-refractivity contribution in [3.8, 4) is 0 Å². The molecule has 0 bridgehead atoms. The zero-order valence-electron chi connectivity index (χ0n) is 9.74. The molecule has 1 aromatic heterocycles. The largest absolute Gasteiger partial charge is 0.330 e. The van der Waals surface area contributed by atoms with Crippen LogP contribution in [0.3, 0.4) is 0 Å². The fraction of sp³-hybridized carbons (Fsp3) is 0.308. The van der Waals surface area contributed by atoms with E-state index in [1.165, 1.54) is 6.07 Å². The topological polar surface area (TPSA) is 38.9 Å². The Hall–Kier alpha value is -1.26. The lowest BCUT2D eigenvalue weighted by atomic mass is 10.1. The molecular formula is C13H15FN2S. The Balaban J connectivity index is 2.21. The zero-order chi connectivity index (χ0) is 12.3. The first-order valence-corrected chi connectivity index (χ1v) is 6.41. The summed E-state index contributed by atoms with van der Waals surface area (Å²) in [6.07, 6.45) is 1.41. The summed E-state index contributed by atoms with van der Waals surface area (Å²) in [5.74, 6) is -0.152. The van der Waals surface area contributed by atoms with Gasteiger partial charge in [0.2, 0.25) is 0 Å². The summed E-state index contributed by atoms with van der Waals surface area (Å²) in [6, 6.07) is 6.87. The molecule has 2 N–H and O–H groups in total. The van der Waals surface area contributed by atoms with E-state index in [9.17, 15) is 4.39 Å². The van der Waals surface area contributed by atoms with Gasteiger partial charge in [0.05, 0.1) is 10.7 Å². The average molecular weight is 250 g/mol. The maximum absolute atomic E-state index is 13.5. The Bertz CT molecular complexity index is 508. The van der Waals surface area contributed by atoms with Crippen LogP contribution < -0.4 is 5.73 Å². The Morgan fingerprint density at radius 3 is 2.82 bits per heavy atom. The first kappa shape index (κ1) is 12.2. The highest BCUT2D eigenvalue weighted by atomic mass is 32.1. The second-order valence-corrected chi connectivity index (χ2v) is 5.09. The number of aromatic nitrogens is 1. The molecule has 0 radical (unpaired) electrons. The van der Waals surface area contributed by atoms with Gasteiger partial charge in [-0.25, -0.2) is 9.37 Å². The summed E-state index contributed by atoms with van der Waals surface area (Å²) in [5.41, 5.74) is 7.21. The molecule has 2 aromatic rings. The third-order valence-corrected chi connectivity index (χ3v) is 3.82. The first-order valence-electron chi connectivity index (χ1n) is 5.59. The van der Waals surface area contributed by atoms with Gasteiger partial charge >= 0.3 is 0 Å². The molecule has 1 aromatic carbocycles. The summed E-state index contributed by atoms with van der Waals surface area (Å²) in [7, 11) is 0. The lowest BCUT2D eigenvalue weighted by Gasteiger charge is -2.00. The second kappa shape index (κ2) is 5.38. The van der Waals surface area contributed by atoms with Crippen LogP contribution in [0.4, 0.5) is 4.39 Å². The van der Waals surface area contributed by atoms with Crippen molar-refractivity contribution in [2.45, 2.75) is 19.8 Å². The number of halogens is 1. The van der Waals surface area contributed by atoms with E-state index in [1.54, 1.807) is 17.4 Å². The normalized spacial score (nSPS) is 10.8. The number of thiazole rings is 1. The number of nitrogens with zero attached hydrogens (tertiary/aromatic N) is 1. The van der Waals surface area contributed by atoms with Crippen molar-refractivity contribution < 1.29 is 4.39 Å². The standard InChI is InChI=1S/C13H15FN2S/c1-9-12(17-13(16-9)6-7-15)8-10-4-2-3-5-11(10)14/h2-5H,6-8,15H2,1H3. The number of rotatable bonds is 4. The first-order chi connectivity index (χ1) is 8.20. The minimum absolute atomic E-state index is 0.152. The quantitative estimate of drug-likeness (QED) is 0.906. The molecule has 0 fully saturated rings. The predicted octanol–water partition coefficient (Wildman–Crippen LogP) is 2.68. The molecule has 0 amide bonds. The molecule has 0 unspecified atom stereocenters. The van der Waals surface area contributed by atoms with Gasteiger partial charge in [-0.05, 0) is 25.1 Å². The van der Waals surface area contributed by atoms with Crippen LogP contribution in [-0.4, -0.2) is 11.5 Å². The third kappa shape index (κ3) is 2.90. The van der Waals surface area contributed by atoms with Crippen LogP contribution in [0.5, 0.6) is 0 Å². The van der Waals surface area contributed by atoms with Crippen molar-refractivity contribution >= 4 is 11.3 Å². The molecule has 1 heterocycles. The fourth-order valence-electron chi connectivity index (χ4n) is 1.70. The molecule has 0 spiro atoms. The fourth-order valence-corrected chi connectivity index (χ4v) is 2.81. The van der Waals surface area contributed by atoms with Crippen molar-refractivity contribution in [3.05, 3.63) is 51.2 Å². The van der Waals surface area contributed by atoms with Crippen LogP contribution in [0.2, 0.25) is 0 Å². The van der Waals surface area contributed by atoms with E-state index in [0.717, 1.165) is 27.6 Å². The molecule has 4 heteroatoms. The molecular weight excluding hydrogens is 235 g/mol. The Labute approximate surface area is 104 Å². The molecule has 17 heavy (non-hydrogen) atoms. The minimum atomic E-state index is -0.152. The van der Waals surface area contributed by atoms with Crippen LogP contribution in [0, 0.1) is 12.7 Å². The minimum Gasteiger partial charge on any atom is -0.330 e. The highest BCUT2D eigenvalue weighted by Gasteiger charge is 2.09. The van der Waals surface area contributed by atoms with Crippen LogP contribution >= 0.6 is 11.3 Å². The molecule has 2 rings (SSSR count). The number of hydrogen-bond donors (Lipinski definition) is 1. The van der Waals surface area contributed by atoms with Gasteiger partial charge in [0.25, 0.3) is 0 Å². The van der Waals surface area contributed by atoms with Crippen molar-refractivity contribution in [2.75, 3.05) is 6.54 Å². The van der Waals surface area contributed by atoms with Crippen molar-refractivity contribution in [2.24, 2.45) is 5.73 Å². The number of hydrogen-bond acceptors (Lipinski definition) is 3. The summed E-state index contributed by atoms with van der Waals surface area (Å²) < 4.78 is 13.5. The van der Waals surface area contributed by atoms with Crippen molar-refractivity contribution in [1.29, 1.82) is 0 Å². The number of benzene rings is 1. The monoisotopic (exact) mass is 250 g/mol. The summed E-state index contributed by atoms with van der Waals surface area (Å²) >= 11 is 1.63. The van der Waals surface area contributed by atoms with E-state index in [-0.39, 0.29) is 5.82 Å². The molecule has 90 valence electrons. The highest BCUT2D eigenvalue weighted by molar-refractivity contribution is 7.11. The maximum Gasteiger partial charge on any atom is 0.126 e. The SMILES string of the molecule is Cc1nc(CCN)sc1Cc1ccccc1F. The van der Waals surface area contributed by atoms with Crippen LogP contribution in [0.1, 0.15) is 21.1 Å². The maximum atomic E-state index is 13.5. The molecule has 0 aliphatic rings. The van der Waals surface area contributed by atoms with Crippen LogP contribution in [0.25, 0.3) is 0 Å². The van der Waals surface area contributed by atoms with Crippen molar-refractivity contribution in [1.82, 2.24) is 4.98 Å². The molecule has 0 aliphatic carbocycles. The zero-order valence-corrected chi connectivity index (χ0v) is 10.6. The molecule has 2 nitrogen and oxygen atoms in total. The number of aryl methyl sites for hydroxylation is 1. The Morgan fingerprint density at radius 1 is 1.35 bits per heavy atom. The highest BCUT2D eigenvalue weighted by Crippen LogP contribution is 2.22. The van der Waals surface area contributed by atoms with Gasteiger partial charge in [-0.2, -0.15) is 0 Å². The molecule has 0 atom stereocenters. The third-order valence-electron chi connectivity index (χ3n) is 2.60. The van der Waals surface area contributed by atoms with Crippen LogP contribution in [-0.2, 0) is 12.8 Å². The number of nitrogens with two attached hydrogens (primary N) is 1. The van der Waals surface area contributed by atoms with E-state index >= 15 is 0 Å². The van der Waals surface area contributed by atoms with Gasteiger partial charge in [-0.3, -0.25) is 0 Å². The smallest absolute Gasteiger partial charge is 0.126 e. The average Bonchev–Trinajstić information content (AvgIpc) is 2.63. The summed E-state index contributed by atoms with van der Waals surface area (Å²) in [6.45, 7) is 2.57. The molecule has 0 aliphatic heterocycles. The van der Waals surface area contributed by atoms with E-state index in [2.05, 4.69) is 4.98 Å². The van der Waals surface area contributed by atoms with E-state index in [4.69, 9.17) is 5.73 Å². The van der Waals surface area contributed by atoms with Gasteiger partial charge in [0.15, 0.2) is 0 Å². The van der Waals surface area contributed by atoms with Crippen LogP contribution in [0.15, 0.2) is 24.3 Å². The lowest BCUT2D eigenvalue weighted by molar-refractivity contribution is 0.614. The van der Waals surface area contributed by atoms with E-state index in [0.29, 0.717) is 13.0 Å². The summed E-state index contributed by atoms with van der Waals surface area (Å²) in [5, 5.41) is 1.04. The predicted molar refractivity (Wildman–Crippen MR) is 68.8 cm³/mol. The lowest BCUT2D eigenvalue weighted by Crippen LogP contribution is -2.01. The second-order valence-electron chi connectivity index (χ2n) is 3.92. The van der Waals surface area contributed by atoms with E-state index < -0.39 is 0 Å². The van der Waals surface area contributed by atoms with Gasteiger partial charge < -0.3 is 5.73 Å². The summed E-state index contributed by atoms with van der Waals surface area (Å²) in [4.78, 5) is 5.57. The Morgan fingerprint density at radius 2 is 2.12 bits per heavy atom. The van der Waals surface area contributed by atoms with Gasteiger partial charge in [-0.15, -0.1) is 11.3 Å². The van der Waals surface area contributed by atoms with Gasteiger partial charge in [0, 0.05) is 17.7 Å². The molecule has 0 saturated heterocycles. The van der Waals surface area contributed by atoms with Gasteiger partial charge in [0.1, 0.15) is 5.82 Å². The van der Waals surface area contributed by atoms with E-state index in [1.807, 2.05) is 19.1 Å². The Kier molecular flexibility index (Phi) is 3.86. The molecule has 0 saturated carbocycles. The van der Waals surface area contributed by atoms with Gasteiger partial charge in [-0.1, -0.05) is 18.2 Å².